The van der Waals surface area contributed by atoms with Crippen molar-refractivity contribution in [1.82, 2.24) is 16.0 Å². The van der Waals surface area contributed by atoms with Gasteiger partial charge in [-0.1, -0.05) is 30.3 Å². The molecular formula is C23H35N7O8. The molecule has 12 N–H and O–H groups in total. The summed E-state index contributed by atoms with van der Waals surface area (Å²) in [6, 6.07) is 3.35. The first-order valence-electron chi connectivity index (χ1n) is 11.8. The van der Waals surface area contributed by atoms with Gasteiger partial charge in [-0.3, -0.25) is 24.2 Å². The molecule has 15 heteroatoms. The lowest BCUT2D eigenvalue weighted by atomic mass is 10.0. The second-order valence-electron chi connectivity index (χ2n) is 8.38. The first kappa shape index (κ1) is 31.8. The third-order valence-corrected chi connectivity index (χ3v) is 5.30. The minimum absolute atomic E-state index is 0.0231. The van der Waals surface area contributed by atoms with Crippen LogP contribution in [0.3, 0.4) is 0 Å². The van der Waals surface area contributed by atoms with Gasteiger partial charge < -0.3 is 48.5 Å². The van der Waals surface area contributed by atoms with Gasteiger partial charge in [-0.2, -0.15) is 0 Å². The Morgan fingerprint density at radius 2 is 1.42 bits per heavy atom. The number of carboxylic acid groups (broad SMARTS) is 2. The number of aliphatic carboxylic acids is 2. The number of nitrogens with one attached hydrogen (secondary N) is 3. The van der Waals surface area contributed by atoms with Crippen molar-refractivity contribution < 1.29 is 39.3 Å². The van der Waals surface area contributed by atoms with Crippen LogP contribution in [-0.2, 0) is 30.4 Å². The van der Waals surface area contributed by atoms with E-state index in [1.807, 2.05) is 0 Å². The first-order chi connectivity index (χ1) is 17.9. The first-order valence-corrected chi connectivity index (χ1v) is 11.8. The number of aliphatic imine (C=N–C) groups is 1. The minimum atomic E-state index is -1.57. The van der Waals surface area contributed by atoms with Crippen LogP contribution in [0.5, 0.6) is 0 Å². The highest BCUT2D eigenvalue weighted by Crippen LogP contribution is 2.06. The second kappa shape index (κ2) is 16.5. The van der Waals surface area contributed by atoms with Crippen LogP contribution < -0.4 is 33.2 Å². The fourth-order valence-corrected chi connectivity index (χ4v) is 3.25. The lowest BCUT2D eigenvalue weighted by Crippen LogP contribution is -2.58. The molecule has 0 fully saturated rings. The topological polar surface area (TPSA) is 273 Å². The number of hydrogen-bond acceptors (Lipinski definition) is 8. The molecule has 210 valence electrons. The third kappa shape index (κ3) is 12.1. The number of aliphatic hydroxyl groups is 1. The molecule has 0 heterocycles. The van der Waals surface area contributed by atoms with Crippen LogP contribution in [0.15, 0.2) is 35.3 Å². The van der Waals surface area contributed by atoms with Gasteiger partial charge in [-0.05, 0) is 24.8 Å². The van der Waals surface area contributed by atoms with Crippen molar-refractivity contribution in [3.8, 4) is 0 Å². The van der Waals surface area contributed by atoms with Crippen LogP contribution in [-0.4, -0.2) is 88.3 Å². The van der Waals surface area contributed by atoms with Gasteiger partial charge in [0.05, 0.1) is 12.6 Å². The number of aliphatic hydroxyl groups excluding tert-OH is 1. The van der Waals surface area contributed by atoms with Gasteiger partial charge in [0, 0.05) is 19.4 Å². The quantitative estimate of drug-likeness (QED) is 0.0548. The molecule has 1 aromatic rings. The van der Waals surface area contributed by atoms with E-state index in [1.54, 1.807) is 30.3 Å². The number of carboxylic acids is 2. The number of carbonyl (C=O) groups is 5. The maximum absolute atomic E-state index is 13.1. The molecule has 0 bridgehead atoms. The van der Waals surface area contributed by atoms with Gasteiger partial charge >= 0.3 is 11.9 Å². The maximum Gasteiger partial charge on any atom is 0.326 e. The number of benzene rings is 1. The van der Waals surface area contributed by atoms with Gasteiger partial charge in [-0.25, -0.2) is 4.79 Å². The zero-order valence-electron chi connectivity index (χ0n) is 20.7. The van der Waals surface area contributed by atoms with Crippen LogP contribution >= 0.6 is 0 Å². The summed E-state index contributed by atoms with van der Waals surface area (Å²) >= 11 is 0. The molecule has 0 aromatic heterocycles. The molecule has 3 amide bonds. The Hall–Kier alpha value is -4.24. The number of rotatable bonds is 17. The molecule has 0 saturated heterocycles. The Labute approximate surface area is 218 Å². The van der Waals surface area contributed by atoms with Crippen LogP contribution in [0.4, 0.5) is 0 Å². The number of carbonyl (C=O) groups excluding carboxylic acids is 3. The average Bonchev–Trinajstić information content (AvgIpc) is 2.86. The summed E-state index contributed by atoms with van der Waals surface area (Å²) < 4.78 is 0. The molecule has 4 unspecified atom stereocenters. The molecule has 0 saturated carbocycles. The molecule has 0 spiro atoms. The van der Waals surface area contributed by atoms with Gasteiger partial charge in [0.25, 0.3) is 0 Å². The van der Waals surface area contributed by atoms with Crippen LogP contribution in [0.2, 0.25) is 0 Å². The van der Waals surface area contributed by atoms with Crippen LogP contribution in [0, 0.1) is 0 Å². The highest BCUT2D eigenvalue weighted by molar-refractivity contribution is 5.94. The lowest BCUT2D eigenvalue weighted by Gasteiger charge is -2.24. The zero-order valence-corrected chi connectivity index (χ0v) is 20.7. The minimum Gasteiger partial charge on any atom is -0.481 e. The van der Waals surface area contributed by atoms with E-state index in [9.17, 15) is 34.2 Å². The predicted octanol–water partition coefficient (Wildman–Crippen LogP) is -2.99. The average molecular weight is 538 g/mol. The number of guanidine groups is 1. The summed E-state index contributed by atoms with van der Waals surface area (Å²) in [7, 11) is 0. The van der Waals surface area contributed by atoms with Gasteiger partial charge in [-0.15, -0.1) is 0 Å². The Balaban J connectivity index is 2.93. The van der Waals surface area contributed by atoms with Gasteiger partial charge in [0.1, 0.15) is 18.1 Å². The van der Waals surface area contributed by atoms with E-state index in [1.165, 1.54) is 0 Å². The van der Waals surface area contributed by atoms with Crippen molar-refractivity contribution in [2.75, 3.05) is 13.2 Å². The largest absolute Gasteiger partial charge is 0.481 e. The SMILES string of the molecule is NC(N)=NCCCC(N)C(=O)NC(Cc1ccccc1)C(=O)NC(CO)C(=O)NC(CCC(=O)O)C(=O)O. The molecule has 0 aliphatic carbocycles. The Morgan fingerprint density at radius 1 is 0.842 bits per heavy atom. The van der Waals surface area contributed by atoms with E-state index < -0.39 is 73.3 Å². The maximum atomic E-state index is 13.1. The summed E-state index contributed by atoms with van der Waals surface area (Å²) in [6.07, 6.45) is -0.283. The molecule has 4 atom stereocenters. The monoisotopic (exact) mass is 537 g/mol. The molecular weight excluding hydrogens is 502 g/mol. The van der Waals surface area contributed by atoms with E-state index >= 15 is 0 Å². The number of nitrogens with zero attached hydrogens (tertiary/aromatic N) is 1. The molecule has 0 aliphatic rings. The smallest absolute Gasteiger partial charge is 0.326 e. The molecule has 0 aliphatic heterocycles. The van der Waals surface area contributed by atoms with E-state index in [2.05, 4.69) is 20.9 Å². The molecule has 0 radical (unpaired) electrons. The Kier molecular flexibility index (Phi) is 13.8. The van der Waals surface area contributed by atoms with Crippen molar-refractivity contribution in [2.45, 2.75) is 56.3 Å². The van der Waals surface area contributed by atoms with Crippen LogP contribution in [0.1, 0.15) is 31.2 Å². The molecule has 1 aromatic carbocycles. The predicted molar refractivity (Wildman–Crippen MR) is 135 cm³/mol. The van der Waals surface area contributed by atoms with Crippen LogP contribution in [0.25, 0.3) is 0 Å². The third-order valence-electron chi connectivity index (χ3n) is 5.30. The van der Waals surface area contributed by atoms with Gasteiger partial charge in [0.2, 0.25) is 17.7 Å². The van der Waals surface area contributed by atoms with E-state index in [0.717, 1.165) is 0 Å². The van der Waals surface area contributed by atoms with E-state index in [4.69, 9.17) is 22.3 Å². The molecule has 15 nitrogen and oxygen atoms in total. The summed E-state index contributed by atoms with van der Waals surface area (Å²) in [6.45, 7) is -0.631. The van der Waals surface area contributed by atoms with Crippen molar-refractivity contribution >= 4 is 35.6 Å². The fraction of sp³-hybridized carbons (Fsp3) is 0.478. The summed E-state index contributed by atoms with van der Waals surface area (Å²) in [4.78, 5) is 64.2. The van der Waals surface area contributed by atoms with E-state index in [-0.39, 0.29) is 25.3 Å². The normalized spacial score (nSPS) is 13.7. The van der Waals surface area contributed by atoms with Crippen molar-refractivity contribution in [1.29, 1.82) is 0 Å². The van der Waals surface area contributed by atoms with Crippen molar-refractivity contribution in [2.24, 2.45) is 22.2 Å². The number of amides is 3. The Morgan fingerprint density at radius 3 is 1.97 bits per heavy atom. The molecule has 38 heavy (non-hydrogen) atoms. The second-order valence-corrected chi connectivity index (χ2v) is 8.38. The van der Waals surface area contributed by atoms with Gasteiger partial charge in [0.15, 0.2) is 5.96 Å². The summed E-state index contributed by atoms with van der Waals surface area (Å²) in [5, 5.41) is 34.6. The Bertz CT molecular complexity index is 985. The fourth-order valence-electron chi connectivity index (χ4n) is 3.25. The zero-order chi connectivity index (χ0) is 28.7. The standard InChI is InChI=1S/C23H35N7O8/c24-14(7-4-10-27-23(25)26)19(34)29-16(11-13-5-2-1-3-6-13)20(35)30-17(12-31)21(36)28-15(22(37)38)8-9-18(32)33/h1-3,5-6,14-17,31H,4,7-12,24H2,(H,28,36)(H,29,34)(H,30,35)(H,32,33)(H,37,38)(H4,25,26,27). The summed E-state index contributed by atoms with van der Waals surface area (Å²) in [5.74, 6) is -5.35. The van der Waals surface area contributed by atoms with Crippen molar-refractivity contribution in [3.05, 3.63) is 35.9 Å². The number of nitrogens with two attached hydrogens (primary N) is 3. The van der Waals surface area contributed by atoms with Crippen molar-refractivity contribution in [3.63, 3.8) is 0 Å². The highest BCUT2D eigenvalue weighted by Gasteiger charge is 2.30. The molecule has 1 rings (SSSR count). The number of hydrogen-bond donors (Lipinski definition) is 9. The van der Waals surface area contributed by atoms with E-state index in [0.29, 0.717) is 12.0 Å². The highest BCUT2D eigenvalue weighted by atomic mass is 16.4. The lowest BCUT2D eigenvalue weighted by molar-refractivity contribution is -0.143. The summed E-state index contributed by atoms with van der Waals surface area (Å²) in [5.41, 5.74) is 17.1.